The molecule has 2 unspecified atom stereocenters. The number of benzene rings is 1. The van der Waals surface area contributed by atoms with Crippen molar-refractivity contribution >= 4 is 23.5 Å². The molecular formula is C14H15FN2O4. The Balaban J connectivity index is 2.05. The third-order valence-electron chi connectivity index (χ3n) is 3.65. The lowest BCUT2D eigenvalue weighted by Crippen LogP contribution is -2.22. The highest BCUT2D eigenvalue weighted by molar-refractivity contribution is 5.97. The van der Waals surface area contributed by atoms with Crippen molar-refractivity contribution < 1.29 is 23.9 Å². The average Bonchev–Trinajstić information content (AvgIpc) is 2.90. The zero-order chi connectivity index (χ0) is 15.6. The van der Waals surface area contributed by atoms with Crippen molar-refractivity contribution in [1.29, 1.82) is 0 Å². The molecule has 2 amide bonds. The van der Waals surface area contributed by atoms with E-state index in [0.29, 0.717) is 12.8 Å². The number of hydrogen-bond acceptors (Lipinski definition) is 3. The van der Waals surface area contributed by atoms with Crippen LogP contribution in [-0.4, -0.2) is 22.9 Å². The molecule has 4 N–H and O–H groups in total. The summed E-state index contributed by atoms with van der Waals surface area (Å²) in [5.74, 6) is -3.81. The lowest BCUT2D eigenvalue weighted by atomic mass is 10.0. The molecule has 0 radical (unpaired) electrons. The summed E-state index contributed by atoms with van der Waals surface area (Å²) < 4.78 is 13.3. The van der Waals surface area contributed by atoms with Crippen molar-refractivity contribution in [2.24, 2.45) is 17.6 Å². The molecular weight excluding hydrogens is 279 g/mol. The number of carboxylic acid groups (broad SMARTS) is 1. The molecule has 0 saturated heterocycles. The maximum atomic E-state index is 13.3. The average molecular weight is 294 g/mol. The summed E-state index contributed by atoms with van der Waals surface area (Å²) in [5, 5.41) is 11.5. The molecule has 112 valence electrons. The fourth-order valence-electron chi connectivity index (χ4n) is 2.48. The highest BCUT2D eigenvalue weighted by Crippen LogP contribution is 2.32. The Kier molecular flexibility index (Phi) is 4.21. The number of carbonyl (C=O) groups is 3. The number of anilines is 1. The molecule has 6 nitrogen and oxygen atoms in total. The summed E-state index contributed by atoms with van der Waals surface area (Å²) >= 11 is 0. The van der Waals surface area contributed by atoms with E-state index in [1.54, 1.807) is 0 Å². The second-order valence-corrected chi connectivity index (χ2v) is 5.09. The van der Waals surface area contributed by atoms with Gasteiger partial charge in [-0.25, -0.2) is 4.39 Å². The van der Waals surface area contributed by atoms with Gasteiger partial charge in [0.05, 0.1) is 11.5 Å². The quantitative estimate of drug-likeness (QED) is 0.778. The van der Waals surface area contributed by atoms with Gasteiger partial charge in [0.15, 0.2) is 0 Å². The highest BCUT2D eigenvalue weighted by Gasteiger charge is 2.33. The first-order chi connectivity index (χ1) is 9.88. The summed E-state index contributed by atoms with van der Waals surface area (Å²) in [6, 6.07) is 3.53. The first-order valence-electron chi connectivity index (χ1n) is 6.51. The number of halogens is 1. The summed E-state index contributed by atoms with van der Waals surface area (Å²) in [5.41, 5.74) is 4.99. The first-order valence-corrected chi connectivity index (χ1v) is 6.51. The number of carboxylic acids is 1. The molecule has 1 aliphatic carbocycles. The van der Waals surface area contributed by atoms with E-state index >= 15 is 0 Å². The molecule has 1 aliphatic rings. The maximum absolute atomic E-state index is 13.3. The van der Waals surface area contributed by atoms with Gasteiger partial charge >= 0.3 is 5.97 Å². The Bertz CT molecular complexity index is 603. The smallest absolute Gasteiger partial charge is 0.306 e. The third kappa shape index (κ3) is 3.36. The van der Waals surface area contributed by atoms with E-state index in [1.807, 2.05) is 0 Å². The number of hydrogen-bond donors (Lipinski definition) is 3. The number of aliphatic carboxylic acids is 1. The third-order valence-corrected chi connectivity index (χ3v) is 3.65. The largest absolute Gasteiger partial charge is 0.481 e. The van der Waals surface area contributed by atoms with Crippen LogP contribution >= 0.6 is 0 Å². The molecule has 2 rings (SSSR count). The molecule has 0 aromatic heterocycles. The summed E-state index contributed by atoms with van der Waals surface area (Å²) in [7, 11) is 0. The molecule has 1 saturated carbocycles. The van der Waals surface area contributed by atoms with Gasteiger partial charge in [0.2, 0.25) is 5.91 Å². The Morgan fingerprint density at radius 2 is 1.90 bits per heavy atom. The maximum Gasteiger partial charge on any atom is 0.306 e. The van der Waals surface area contributed by atoms with Crippen LogP contribution in [0.5, 0.6) is 0 Å². The predicted octanol–water partition coefficient (Wildman–Crippen LogP) is 1.36. The zero-order valence-electron chi connectivity index (χ0n) is 11.1. The molecule has 1 fully saturated rings. The van der Waals surface area contributed by atoms with Crippen LogP contribution in [0.3, 0.4) is 0 Å². The number of amides is 2. The van der Waals surface area contributed by atoms with Gasteiger partial charge in [-0.1, -0.05) is 0 Å². The first kappa shape index (κ1) is 15.0. The number of carbonyl (C=O) groups excluding carboxylic acids is 2. The molecule has 0 bridgehead atoms. The number of nitrogens with two attached hydrogens (primary N) is 1. The zero-order valence-corrected chi connectivity index (χ0v) is 11.1. The van der Waals surface area contributed by atoms with E-state index in [9.17, 15) is 18.8 Å². The summed E-state index contributed by atoms with van der Waals surface area (Å²) in [6.07, 6.45) is 1.24. The SMILES string of the molecule is NC(=O)c1cc(NC(=O)C2CCC(C(=O)O)C2)ccc1F. The topological polar surface area (TPSA) is 109 Å². The molecule has 1 aromatic carbocycles. The van der Waals surface area contributed by atoms with Gasteiger partial charge in [-0.2, -0.15) is 0 Å². The number of primary amides is 1. The van der Waals surface area contributed by atoms with Crippen LogP contribution in [0.15, 0.2) is 18.2 Å². The van der Waals surface area contributed by atoms with Gasteiger partial charge in [-0.05, 0) is 37.5 Å². The monoisotopic (exact) mass is 294 g/mol. The molecule has 2 atom stereocenters. The minimum atomic E-state index is -0.921. The van der Waals surface area contributed by atoms with Crippen molar-refractivity contribution in [3.63, 3.8) is 0 Å². The van der Waals surface area contributed by atoms with E-state index in [-0.39, 0.29) is 23.6 Å². The van der Waals surface area contributed by atoms with Crippen molar-refractivity contribution in [2.75, 3.05) is 5.32 Å². The van der Waals surface area contributed by atoms with E-state index in [1.165, 1.54) is 12.1 Å². The van der Waals surface area contributed by atoms with Crippen LogP contribution in [0.25, 0.3) is 0 Å². The standard InChI is InChI=1S/C14H15FN2O4/c15-11-4-3-9(6-10(11)12(16)18)17-13(19)7-1-2-8(5-7)14(20)21/h3-4,6-8H,1-2,5H2,(H2,16,18)(H,17,19)(H,20,21). The van der Waals surface area contributed by atoms with E-state index in [0.717, 1.165) is 6.07 Å². The lowest BCUT2D eigenvalue weighted by molar-refractivity contribution is -0.141. The van der Waals surface area contributed by atoms with Gasteiger partial charge in [-0.3, -0.25) is 14.4 Å². The van der Waals surface area contributed by atoms with Crippen LogP contribution in [-0.2, 0) is 9.59 Å². The minimum absolute atomic E-state index is 0.258. The fourth-order valence-corrected chi connectivity index (χ4v) is 2.48. The number of nitrogens with one attached hydrogen (secondary N) is 1. The fraction of sp³-hybridized carbons (Fsp3) is 0.357. The predicted molar refractivity (Wildman–Crippen MR) is 72.0 cm³/mol. The number of rotatable bonds is 4. The molecule has 7 heteroatoms. The second kappa shape index (κ2) is 5.90. The highest BCUT2D eigenvalue weighted by atomic mass is 19.1. The molecule has 0 heterocycles. The summed E-state index contributed by atoms with van der Waals surface area (Å²) in [4.78, 5) is 33.9. The van der Waals surface area contributed by atoms with Gasteiger partial charge in [-0.15, -0.1) is 0 Å². The van der Waals surface area contributed by atoms with Crippen LogP contribution in [0.1, 0.15) is 29.6 Å². The van der Waals surface area contributed by atoms with Crippen molar-refractivity contribution in [3.8, 4) is 0 Å². The Morgan fingerprint density at radius 1 is 1.24 bits per heavy atom. The normalized spacial score (nSPS) is 21.0. The minimum Gasteiger partial charge on any atom is -0.481 e. The van der Waals surface area contributed by atoms with Gasteiger partial charge in [0, 0.05) is 11.6 Å². The van der Waals surface area contributed by atoms with Gasteiger partial charge < -0.3 is 16.2 Å². The van der Waals surface area contributed by atoms with Gasteiger partial charge in [0.1, 0.15) is 5.82 Å². The van der Waals surface area contributed by atoms with Crippen LogP contribution < -0.4 is 11.1 Å². The molecule has 1 aromatic rings. The lowest BCUT2D eigenvalue weighted by Gasteiger charge is -2.11. The molecule has 21 heavy (non-hydrogen) atoms. The molecule has 0 spiro atoms. The van der Waals surface area contributed by atoms with Crippen molar-refractivity contribution in [1.82, 2.24) is 0 Å². The van der Waals surface area contributed by atoms with E-state index in [4.69, 9.17) is 10.8 Å². The van der Waals surface area contributed by atoms with E-state index in [2.05, 4.69) is 5.32 Å². The van der Waals surface area contributed by atoms with Crippen molar-refractivity contribution in [3.05, 3.63) is 29.6 Å². The van der Waals surface area contributed by atoms with E-state index < -0.39 is 29.5 Å². The van der Waals surface area contributed by atoms with Crippen LogP contribution in [0, 0.1) is 17.7 Å². The second-order valence-electron chi connectivity index (χ2n) is 5.09. The molecule has 0 aliphatic heterocycles. The van der Waals surface area contributed by atoms with Crippen LogP contribution in [0.2, 0.25) is 0 Å². The summed E-state index contributed by atoms with van der Waals surface area (Å²) in [6.45, 7) is 0. The van der Waals surface area contributed by atoms with Crippen molar-refractivity contribution in [2.45, 2.75) is 19.3 Å². The van der Waals surface area contributed by atoms with Gasteiger partial charge in [0.25, 0.3) is 5.91 Å². The Labute approximate surface area is 120 Å². The Hall–Kier alpha value is -2.44. The Morgan fingerprint density at radius 3 is 2.48 bits per heavy atom. The van der Waals surface area contributed by atoms with Crippen LogP contribution in [0.4, 0.5) is 10.1 Å².